The molecule has 2 rings (SSSR count). The predicted molar refractivity (Wildman–Crippen MR) is 80.9 cm³/mol. The molecule has 1 aromatic heterocycles. The summed E-state index contributed by atoms with van der Waals surface area (Å²) in [4.78, 5) is 2.32. The molecule has 0 radical (unpaired) electrons. The second-order valence-electron chi connectivity index (χ2n) is 5.30. The molecule has 3 nitrogen and oxygen atoms in total. The van der Waals surface area contributed by atoms with E-state index in [1.165, 1.54) is 23.7 Å². The molecule has 0 spiro atoms. The number of fused-ring (bicyclic) bond motifs is 1. The summed E-state index contributed by atoms with van der Waals surface area (Å²) >= 11 is 0. The molecule has 0 saturated carbocycles. The molecule has 1 atom stereocenters. The topological polar surface area (TPSA) is 17.4 Å². The van der Waals surface area contributed by atoms with Crippen LogP contribution in [-0.4, -0.2) is 36.7 Å². The maximum Gasteiger partial charge on any atom is 0.119 e. The van der Waals surface area contributed by atoms with Crippen LogP contribution in [0.3, 0.4) is 0 Å². The van der Waals surface area contributed by atoms with E-state index in [0.717, 1.165) is 12.3 Å². The van der Waals surface area contributed by atoms with E-state index in [0.29, 0.717) is 6.04 Å². The van der Waals surface area contributed by atoms with Crippen molar-refractivity contribution in [3.63, 3.8) is 0 Å². The van der Waals surface area contributed by atoms with E-state index in [-0.39, 0.29) is 0 Å². The molecular weight excluding hydrogens is 236 g/mol. The maximum absolute atomic E-state index is 5.27. The van der Waals surface area contributed by atoms with Gasteiger partial charge in [-0.05, 0) is 44.8 Å². The largest absolute Gasteiger partial charge is 0.497 e. The van der Waals surface area contributed by atoms with E-state index >= 15 is 0 Å². The average Bonchev–Trinajstić information content (AvgIpc) is 2.80. The number of aromatic nitrogens is 1. The van der Waals surface area contributed by atoms with Crippen molar-refractivity contribution < 1.29 is 4.74 Å². The van der Waals surface area contributed by atoms with Gasteiger partial charge in [0.2, 0.25) is 0 Å². The summed E-state index contributed by atoms with van der Waals surface area (Å²) in [5.74, 6) is 0.919. The number of nitrogens with zero attached hydrogens (tertiary/aromatic N) is 2. The third-order valence-electron chi connectivity index (χ3n) is 3.74. The van der Waals surface area contributed by atoms with Crippen molar-refractivity contribution in [2.24, 2.45) is 0 Å². The van der Waals surface area contributed by atoms with Gasteiger partial charge in [0.1, 0.15) is 5.75 Å². The van der Waals surface area contributed by atoms with Crippen LogP contribution >= 0.6 is 0 Å². The van der Waals surface area contributed by atoms with Gasteiger partial charge in [-0.15, -0.1) is 0 Å². The van der Waals surface area contributed by atoms with Gasteiger partial charge in [0.25, 0.3) is 0 Å². The minimum absolute atomic E-state index is 0.586. The molecule has 0 aliphatic rings. The number of benzene rings is 1. The molecule has 0 amide bonds. The highest BCUT2D eigenvalue weighted by Gasteiger charge is 2.12. The normalized spacial score (nSPS) is 13.1. The molecule has 104 valence electrons. The molecule has 0 N–H and O–H groups in total. The van der Waals surface area contributed by atoms with Crippen molar-refractivity contribution in [2.45, 2.75) is 32.4 Å². The number of rotatable bonds is 6. The van der Waals surface area contributed by atoms with Crippen LogP contribution in [0, 0.1) is 0 Å². The number of hydrogen-bond acceptors (Lipinski definition) is 2. The standard InChI is InChI=1S/C16H24N2O/c1-5-6-14(17(2)3)12-18-10-9-13-11-15(19-4)7-8-16(13)18/h7-11,14H,5-6,12H2,1-4H3/t14-/m0/s1. The Morgan fingerprint density at radius 2 is 2.05 bits per heavy atom. The number of likely N-dealkylation sites (N-methyl/N-ethyl adjacent to an activating group) is 1. The lowest BCUT2D eigenvalue weighted by molar-refractivity contribution is 0.251. The van der Waals surface area contributed by atoms with Gasteiger partial charge >= 0.3 is 0 Å². The average molecular weight is 260 g/mol. The summed E-state index contributed by atoms with van der Waals surface area (Å²) in [6, 6.07) is 9.02. The first-order chi connectivity index (χ1) is 9.15. The summed E-state index contributed by atoms with van der Waals surface area (Å²) < 4.78 is 7.61. The van der Waals surface area contributed by atoms with Gasteiger partial charge in [0.15, 0.2) is 0 Å². The summed E-state index contributed by atoms with van der Waals surface area (Å²) in [6.07, 6.45) is 4.62. The zero-order valence-electron chi connectivity index (χ0n) is 12.4. The molecule has 0 saturated heterocycles. The molecule has 3 heteroatoms. The highest BCUT2D eigenvalue weighted by Crippen LogP contribution is 2.22. The Kier molecular flexibility index (Phi) is 4.48. The van der Waals surface area contributed by atoms with Crippen LogP contribution in [0.5, 0.6) is 5.75 Å². The van der Waals surface area contributed by atoms with E-state index in [9.17, 15) is 0 Å². The quantitative estimate of drug-likeness (QED) is 0.792. The lowest BCUT2D eigenvalue weighted by atomic mass is 10.1. The molecule has 19 heavy (non-hydrogen) atoms. The fourth-order valence-electron chi connectivity index (χ4n) is 2.54. The molecular formula is C16H24N2O. The Morgan fingerprint density at radius 1 is 1.26 bits per heavy atom. The first-order valence-electron chi connectivity index (χ1n) is 6.95. The molecule has 1 aromatic carbocycles. The van der Waals surface area contributed by atoms with Gasteiger partial charge < -0.3 is 14.2 Å². The van der Waals surface area contributed by atoms with E-state index in [1.54, 1.807) is 7.11 Å². The van der Waals surface area contributed by atoms with E-state index in [4.69, 9.17) is 4.74 Å². The molecule has 0 aliphatic carbocycles. The monoisotopic (exact) mass is 260 g/mol. The molecule has 0 unspecified atom stereocenters. The Labute approximate surface area is 115 Å². The van der Waals surface area contributed by atoms with Crippen LogP contribution in [0.4, 0.5) is 0 Å². The third-order valence-corrected chi connectivity index (χ3v) is 3.74. The van der Waals surface area contributed by atoms with Gasteiger partial charge in [-0.1, -0.05) is 13.3 Å². The van der Waals surface area contributed by atoms with Gasteiger partial charge in [-0.25, -0.2) is 0 Å². The van der Waals surface area contributed by atoms with E-state index in [2.05, 4.69) is 54.9 Å². The smallest absolute Gasteiger partial charge is 0.119 e. The fourth-order valence-corrected chi connectivity index (χ4v) is 2.54. The summed E-state index contributed by atoms with van der Waals surface area (Å²) in [7, 11) is 6.03. The number of methoxy groups -OCH3 is 1. The fraction of sp³-hybridized carbons (Fsp3) is 0.500. The predicted octanol–water partition coefficient (Wildman–Crippen LogP) is 3.38. The van der Waals surface area contributed by atoms with E-state index < -0.39 is 0 Å². The maximum atomic E-state index is 5.27. The zero-order valence-corrected chi connectivity index (χ0v) is 12.4. The lowest BCUT2D eigenvalue weighted by Gasteiger charge is -2.24. The Hall–Kier alpha value is -1.48. The molecule has 1 heterocycles. The second-order valence-corrected chi connectivity index (χ2v) is 5.30. The van der Waals surface area contributed by atoms with Crippen LogP contribution in [0.1, 0.15) is 19.8 Å². The lowest BCUT2D eigenvalue weighted by Crippen LogP contribution is -2.31. The van der Waals surface area contributed by atoms with Crippen LogP contribution < -0.4 is 4.74 Å². The van der Waals surface area contributed by atoms with Crippen molar-refractivity contribution >= 4 is 10.9 Å². The molecule has 2 aromatic rings. The zero-order chi connectivity index (χ0) is 13.8. The molecule has 0 aliphatic heterocycles. The minimum Gasteiger partial charge on any atom is -0.497 e. The second kappa shape index (κ2) is 6.11. The van der Waals surface area contributed by atoms with Crippen molar-refractivity contribution in [1.82, 2.24) is 9.47 Å². The molecule has 0 fully saturated rings. The number of hydrogen-bond donors (Lipinski definition) is 0. The Morgan fingerprint density at radius 3 is 2.68 bits per heavy atom. The highest BCUT2D eigenvalue weighted by atomic mass is 16.5. The van der Waals surface area contributed by atoms with Gasteiger partial charge in [0, 0.05) is 29.7 Å². The summed E-state index contributed by atoms with van der Waals surface area (Å²) in [6.45, 7) is 3.28. The molecule has 0 bridgehead atoms. The SMILES string of the molecule is CCC[C@@H](Cn1ccc2cc(OC)ccc21)N(C)C. The van der Waals surface area contributed by atoms with Crippen LogP contribution in [0.2, 0.25) is 0 Å². The van der Waals surface area contributed by atoms with Gasteiger partial charge in [-0.3, -0.25) is 0 Å². The third kappa shape index (κ3) is 3.10. The van der Waals surface area contributed by atoms with Crippen LogP contribution in [-0.2, 0) is 6.54 Å². The van der Waals surface area contributed by atoms with Crippen molar-refractivity contribution in [3.8, 4) is 5.75 Å². The summed E-state index contributed by atoms with van der Waals surface area (Å²) in [5, 5.41) is 1.24. The first-order valence-corrected chi connectivity index (χ1v) is 6.95. The van der Waals surface area contributed by atoms with E-state index in [1.807, 2.05) is 6.07 Å². The minimum atomic E-state index is 0.586. The summed E-state index contributed by atoms with van der Waals surface area (Å²) in [5.41, 5.74) is 1.28. The van der Waals surface area contributed by atoms with Crippen LogP contribution in [0.25, 0.3) is 10.9 Å². The van der Waals surface area contributed by atoms with Crippen molar-refractivity contribution in [2.75, 3.05) is 21.2 Å². The van der Waals surface area contributed by atoms with Gasteiger partial charge in [0.05, 0.1) is 7.11 Å². The Bertz CT molecular complexity index is 531. The Balaban J connectivity index is 2.25. The van der Waals surface area contributed by atoms with Gasteiger partial charge in [-0.2, -0.15) is 0 Å². The van der Waals surface area contributed by atoms with Crippen molar-refractivity contribution in [3.05, 3.63) is 30.5 Å². The van der Waals surface area contributed by atoms with Crippen LogP contribution in [0.15, 0.2) is 30.5 Å². The first kappa shape index (κ1) is 13.9. The number of ether oxygens (including phenoxy) is 1. The van der Waals surface area contributed by atoms with Crippen molar-refractivity contribution in [1.29, 1.82) is 0 Å². The highest BCUT2D eigenvalue weighted by molar-refractivity contribution is 5.81.